The van der Waals surface area contributed by atoms with E-state index in [2.05, 4.69) is 15.1 Å². The summed E-state index contributed by atoms with van der Waals surface area (Å²) >= 11 is 0. The number of ether oxygens (including phenoxy) is 1. The second kappa shape index (κ2) is 5.84. The Balaban J connectivity index is 2.01. The van der Waals surface area contributed by atoms with E-state index < -0.39 is 4.92 Å². The van der Waals surface area contributed by atoms with Crippen molar-refractivity contribution in [1.82, 2.24) is 15.1 Å². The van der Waals surface area contributed by atoms with Crippen molar-refractivity contribution in [3.63, 3.8) is 0 Å². The molecule has 0 radical (unpaired) electrons. The van der Waals surface area contributed by atoms with Gasteiger partial charge in [-0.2, -0.15) is 4.98 Å². The number of benzene rings is 1. The average Bonchev–Trinajstić information content (AvgIpc) is 3.04. The zero-order valence-corrected chi connectivity index (χ0v) is 12.4. The summed E-state index contributed by atoms with van der Waals surface area (Å²) in [6.07, 6.45) is 0. The molecular weight excluding hydrogens is 300 g/mol. The van der Waals surface area contributed by atoms with Gasteiger partial charge in [-0.1, -0.05) is 11.2 Å². The van der Waals surface area contributed by atoms with E-state index in [9.17, 15) is 10.1 Å². The number of methoxy groups -OCH3 is 1. The minimum absolute atomic E-state index is 0.0446. The highest BCUT2D eigenvalue weighted by Crippen LogP contribution is 2.29. The smallest absolute Gasteiger partial charge is 0.270 e. The Morgan fingerprint density at radius 2 is 2.04 bits per heavy atom. The van der Waals surface area contributed by atoms with Gasteiger partial charge in [0.25, 0.3) is 11.6 Å². The van der Waals surface area contributed by atoms with Gasteiger partial charge in [-0.25, -0.2) is 4.98 Å². The fourth-order valence-electron chi connectivity index (χ4n) is 2.06. The van der Waals surface area contributed by atoms with Gasteiger partial charge in [-0.15, -0.1) is 0 Å². The van der Waals surface area contributed by atoms with Gasteiger partial charge in [0.15, 0.2) is 0 Å². The first kappa shape index (κ1) is 14.6. The quantitative estimate of drug-likeness (QED) is 0.538. The molecule has 0 saturated carbocycles. The van der Waals surface area contributed by atoms with Gasteiger partial charge in [0, 0.05) is 23.4 Å². The number of rotatable bonds is 4. The van der Waals surface area contributed by atoms with Crippen molar-refractivity contribution in [2.75, 3.05) is 7.11 Å². The molecule has 0 aliphatic rings. The molecule has 0 N–H and O–H groups in total. The zero-order chi connectivity index (χ0) is 16.4. The van der Waals surface area contributed by atoms with E-state index in [0.717, 1.165) is 5.69 Å². The molecule has 0 atom stereocenters. The van der Waals surface area contributed by atoms with Crippen molar-refractivity contribution in [3.05, 3.63) is 52.2 Å². The van der Waals surface area contributed by atoms with Gasteiger partial charge in [0.1, 0.15) is 0 Å². The molecule has 116 valence electrons. The molecule has 0 aliphatic carbocycles. The highest BCUT2D eigenvalue weighted by Gasteiger charge is 2.17. The van der Waals surface area contributed by atoms with Crippen molar-refractivity contribution < 1.29 is 14.2 Å². The number of hydrogen-bond donors (Lipinski definition) is 0. The lowest BCUT2D eigenvalue weighted by Crippen LogP contribution is -1.94. The highest BCUT2D eigenvalue weighted by atomic mass is 16.6. The predicted molar refractivity (Wildman–Crippen MR) is 80.9 cm³/mol. The van der Waals surface area contributed by atoms with Crippen LogP contribution in [0.25, 0.3) is 22.8 Å². The Hall–Kier alpha value is -3.29. The molecule has 23 heavy (non-hydrogen) atoms. The summed E-state index contributed by atoms with van der Waals surface area (Å²) in [6.45, 7) is 1.84. The molecule has 1 aromatic carbocycles. The third-order valence-electron chi connectivity index (χ3n) is 3.16. The van der Waals surface area contributed by atoms with Crippen LogP contribution in [-0.2, 0) is 0 Å². The fraction of sp³-hybridized carbons (Fsp3) is 0.133. The van der Waals surface area contributed by atoms with Crippen LogP contribution in [0.2, 0.25) is 0 Å². The summed E-state index contributed by atoms with van der Waals surface area (Å²) in [6, 6.07) is 9.58. The van der Waals surface area contributed by atoms with Crippen molar-refractivity contribution >= 4 is 5.69 Å². The number of nitrogens with zero attached hydrogens (tertiary/aromatic N) is 4. The molecule has 0 spiro atoms. The van der Waals surface area contributed by atoms with Gasteiger partial charge in [0.2, 0.25) is 11.7 Å². The standard InChI is InChI=1S/C15H12N4O4/c1-9-6-7-12(15(16-9)22-2)13-17-14(23-18-13)10-4-3-5-11(8-10)19(20)21/h3-8H,1-2H3. The topological polar surface area (TPSA) is 104 Å². The largest absolute Gasteiger partial charge is 0.480 e. The number of non-ortho nitro benzene ring substituents is 1. The maximum atomic E-state index is 10.8. The number of nitro groups is 1. The number of aryl methyl sites for hydroxylation is 1. The molecule has 0 unspecified atom stereocenters. The third kappa shape index (κ3) is 2.86. The van der Waals surface area contributed by atoms with Crippen LogP contribution in [0.5, 0.6) is 5.88 Å². The van der Waals surface area contributed by atoms with Crippen LogP contribution in [0.3, 0.4) is 0 Å². The minimum Gasteiger partial charge on any atom is -0.480 e. The molecule has 0 aliphatic heterocycles. The molecule has 0 fully saturated rings. The maximum absolute atomic E-state index is 10.8. The van der Waals surface area contributed by atoms with Crippen LogP contribution in [0, 0.1) is 17.0 Å². The van der Waals surface area contributed by atoms with Crippen molar-refractivity contribution in [1.29, 1.82) is 0 Å². The monoisotopic (exact) mass is 312 g/mol. The summed E-state index contributed by atoms with van der Waals surface area (Å²) < 4.78 is 10.4. The van der Waals surface area contributed by atoms with Crippen LogP contribution in [-0.4, -0.2) is 27.2 Å². The van der Waals surface area contributed by atoms with E-state index in [1.165, 1.54) is 19.2 Å². The summed E-state index contributed by atoms with van der Waals surface area (Å²) in [5.41, 5.74) is 1.81. The SMILES string of the molecule is COc1nc(C)ccc1-c1noc(-c2cccc([N+](=O)[O-])c2)n1. The first-order chi connectivity index (χ1) is 11.1. The van der Waals surface area contributed by atoms with Gasteiger partial charge >= 0.3 is 0 Å². The van der Waals surface area contributed by atoms with E-state index in [1.807, 2.05) is 6.92 Å². The van der Waals surface area contributed by atoms with Gasteiger partial charge in [-0.3, -0.25) is 10.1 Å². The molecule has 0 amide bonds. The highest BCUT2D eigenvalue weighted by molar-refractivity contribution is 5.65. The Kier molecular flexibility index (Phi) is 3.71. The molecule has 3 rings (SSSR count). The number of aromatic nitrogens is 3. The second-order valence-electron chi connectivity index (χ2n) is 4.74. The molecule has 3 aromatic rings. The number of pyridine rings is 1. The molecular formula is C15H12N4O4. The number of hydrogen-bond acceptors (Lipinski definition) is 7. The minimum atomic E-state index is -0.478. The van der Waals surface area contributed by atoms with E-state index in [1.54, 1.807) is 24.3 Å². The van der Waals surface area contributed by atoms with Gasteiger partial charge < -0.3 is 9.26 Å². The van der Waals surface area contributed by atoms with Crippen molar-refractivity contribution in [3.8, 4) is 28.7 Å². The van der Waals surface area contributed by atoms with Crippen LogP contribution in [0.1, 0.15) is 5.69 Å². The van der Waals surface area contributed by atoms with Crippen molar-refractivity contribution in [2.45, 2.75) is 6.92 Å². The van der Waals surface area contributed by atoms with Crippen molar-refractivity contribution in [2.24, 2.45) is 0 Å². The Labute approximate surface area is 130 Å². The molecule has 8 heteroatoms. The summed E-state index contributed by atoms with van der Waals surface area (Å²) in [4.78, 5) is 18.9. The molecule has 2 aromatic heterocycles. The van der Waals surface area contributed by atoms with Crippen LogP contribution < -0.4 is 4.74 Å². The summed E-state index contributed by atoms with van der Waals surface area (Å²) in [5.74, 6) is 0.874. The molecule has 0 saturated heterocycles. The Morgan fingerprint density at radius 3 is 2.78 bits per heavy atom. The predicted octanol–water partition coefficient (Wildman–Crippen LogP) is 3.02. The molecule has 2 heterocycles. The summed E-state index contributed by atoms with van der Waals surface area (Å²) in [7, 11) is 1.51. The normalized spacial score (nSPS) is 10.5. The lowest BCUT2D eigenvalue weighted by atomic mass is 10.2. The first-order valence-electron chi connectivity index (χ1n) is 6.69. The Bertz CT molecular complexity index is 875. The third-order valence-corrected chi connectivity index (χ3v) is 3.16. The zero-order valence-electron chi connectivity index (χ0n) is 12.4. The molecule has 0 bridgehead atoms. The van der Waals surface area contributed by atoms with Gasteiger partial charge in [-0.05, 0) is 25.1 Å². The van der Waals surface area contributed by atoms with E-state index in [4.69, 9.17) is 9.26 Å². The number of nitro benzene ring substituents is 1. The van der Waals surface area contributed by atoms with Crippen LogP contribution >= 0.6 is 0 Å². The average molecular weight is 312 g/mol. The van der Waals surface area contributed by atoms with E-state index in [-0.39, 0.29) is 11.6 Å². The van der Waals surface area contributed by atoms with Gasteiger partial charge in [0.05, 0.1) is 17.6 Å². The van der Waals surface area contributed by atoms with Crippen LogP contribution in [0.4, 0.5) is 5.69 Å². The second-order valence-corrected chi connectivity index (χ2v) is 4.74. The first-order valence-corrected chi connectivity index (χ1v) is 6.69. The lowest BCUT2D eigenvalue weighted by molar-refractivity contribution is -0.384. The summed E-state index contributed by atoms with van der Waals surface area (Å²) in [5, 5.41) is 14.7. The van der Waals surface area contributed by atoms with E-state index >= 15 is 0 Å². The fourth-order valence-corrected chi connectivity index (χ4v) is 2.06. The van der Waals surface area contributed by atoms with E-state index in [0.29, 0.717) is 22.8 Å². The Morgan fingerprint density at radius 1 is 1.22 bits per heavy atom. The molecule has 8 nitrogen and oxygen atoms in total. The lowest BCUT2D eigenvalue weighted by Gasteiger charge is -2.04. The maximum Gasteiger partial charge on any atom is 0.270 e. The van der Waals surface area contributed by atoms with Crippen LogP contribution in [0.15, 0.2) is 40.9 Å².